The Balaban J connectivity index is 2.01. The van der Waals surface area contributed by atoms with E-state index in [1.807, 2.05) is 18.2 Å². The summed E-state index contributed by atoms with van der Waals surface area (Å²) in [5.41, 5.74) is 7.18. The molecule has 0 spiro atoms. The van der Waals surface area contributed by atoms with Crippen LogP contribution in [-0.4, -0.2) is 25.9 Å². The van der Waals surface area contributed by atoms with Crippen LogP contribution in [0.15, 0.2) is 18.2 Å². The van der Waals surface area contributed by atoms with Gasteiger partial charge in [0.2, 0.25) is 0 Å². The highest BCUT2D eigenvalue weighted by Gasteiger charge is 2.20. The van der Waals surface area contributed by atoms with Gasteiger partial charge in [0.15, 0.2) is 11.5 Å². The number of hydrogen-bond acceptors (Lipinski definition) is 4. The number of rotatable bonds is 5. The van der Waals surface area contributed by atoms with Gasteiger partial charge in [-0.05, 0) is 44.4 Å². The van der Waals surface area contributed by atoms with Crippen molar-refractivity contribution in [2.24, 2.45) is 5.73 Å². The van der Waals surface area contributed by atoms with Crippen LogP contribution in [0.25, 0.3) is 0 Å². The van der Waals surface area contributed by atoms with Gasteiger partial charge in [0.25, 0.3) is 0 Å². The first kappa shape index (κ1) is 14.2. The summed E-state index contributed by atoms with van der Waals surface area (Å²) >= 11 is 0. The second kappa shape index (κ2) is 5.80. The standard InChI is InChI=1S/C15H23NO3/c1-15(2,17-3)7-6-12(16)11-4-5-13-14(10-11)19-9-8-18-13/h4-5,10,12H,6-9,16H2,1-3H3. The molecule has 0 radical (unpaired) electrons. The van der Waals surface area contributed by atoms with Crippen molar-refractivity contribution in [1.82, 2.24) is 0 Å². The van der Waals surface area contributed by atoms with Gasteiger partial charge >= 0.3 is 0 Å². The van der Waals surface area contributed by atoms with Crippen molar-refractivity contribution in [1.29, 1.82) is 0 Å². The van der Waals surface area contributed by atoms with E-state index in [4.69, 9.17) is 19.9 Å². The second-order valence-corrected chi connectivity index (χ2v) is 5.51. The van der Waals surface area contributed by atoms with E-state index in [0.717, 1.165) is 29.9 Å². The summed E-state index contributed by atoms with van der Waals surface area (Å²) in [6.45, 7) is 5.36. The minimum absolute atomic E-state index is 0.00903. The molecule has 0 saturated carbocycles. The maximum atomic E-state index is 6.24. The van der Waals surface area contributed by atoms with E-state index in [1.165, 1.54) is 0 Å². The molecule has 0 aromatic heterocycles. The fourth-order valence-electron chi connectivity index (χ4n) is 2.06. The second-order valence-electron chi connectivity index (χ2n) is 5.51. The van der Waals surface area contributed by atoms with Gasteiger partial charge in [0, 0.05) is 13.2 Å². The van der Waals surface area contributed by atoms with Crippen LogP contribution in [-0.2, 0) is 4.74 Å². The van der Waals surface area contributed by atoms with E-state index in [2.05, 4.69) is 13.8 Å². The number of benzene rings is 1. The fourth-order valence-corrected chi connectivity index (χ4v) is 2.06. The summed E-state index contributed by atoms with van der Waals surface area (Å²) in [4.78, 5) is 0. The zero-order valence-corrected chi connectivity index (χ0v) is 11.9. The topological polar surface area (TPSA) is 53.7 Å². The average Bonchev–Trinajstić information content (AvgIpc) is 2.44. The molecule has 0 saturated heterocycles. The first-order chi connectivity index (χ1) is 9.02. The lowest BCUT2D eigenvalue weighted by Gasteiger charge is -2.25. The van der Waals surface area contributed by atoms with Crippen LogP contribution >= 0.6 is 0 Å². The lowest BCUT2D eigenvalue weighted by molar-refractivity contribution is 0.0125. The minimum atomic E-state index is -0.133. The van der Waals surface area contributed by atoms with E-state index >= 15 is 0 Å². The van der Waals surface area contributed by atoms with Crippen molar-refractivity contribution in [2.45, 2.75) is 38.3 Å². The Morgan fingerprint density at radius 3 is 2.63 bits per heavy atom. The smallest absolute Gasteiger partial charge is 0.161 e. The van der Waals surface area contributed by atoms with Crippen LogP contribution in [0.5, 0.6) is 11.5 Å². The van der Waals surface area contributed by atoms with Gasteiger partial charge in [-0.1, -0.05) is 6.07 Å². The molecule has 1 aromatic carbocycles. The van der Waals surface area contributed by atoms with Crippen molar-refractivity contribution in [2.75, 3.05) is 20.3 Å². The van der Waals surface area contributed by atoms with Crippen LogP contribution in [0.3, 0.4) is 0 Å². The number of methoxy groups -OCH3 is 1. The lowest BCUT2D eigenvalue weighted by atomic mass is 9.95. The van der Waals surface area contributed by atoms with Crippen molar-refractivity contribution in [3.63, 3.8) is 0 Å². The zero-order valence-electron chi connectivity index (χ0n) is 11.9. The van der Waals surface area contributed by atoms with E-state index in [9.17, 15) is 0 Å². The SMILES string of the molecule is COC(C)(C)CCC(N)c1ccc2c(c1)OCCO2. The molecular weight excluding hydrogens is 242 g/mol. The Bertz CT molecular complexity index is 431. The first-order valence-electron chi connectivity index (χ1n) is 6.72. The van der Waals surface area contributed by atoms with E-state index in [1.54, 1.807) is 7.11 Å². The number of fused-ring (bicyclic) bond motifs is 1. The van der Waals surface area contributed by atoms with Crippen molar-refractivity contribution in [3.8, 4) is 11.5 Å². The van der Waals surface area contributed by atoms with Crippen LogP contribution in [0, 0.1) is 0 Å². The van der Waals surface area contributed by atoms with Crippen LogP contribution in [0.2, 0.25) is 0 Å². The summed E-state index contributed by atoms with van der Waals surface area (Å²) in [5.74, 6) is 1.60. The summed E-state index contributed by atoms with van der Waals surface area (Å²) in [7, 11) is 1.73. The Labute approximate surface area is 114 Å². The molecule has 1 heterocycles. The normalized spacial score (nSPS) is 16.2. The predicted molar refractivity (Wildman–Crippen MR) is 74.7 cm³/mol. The van der Waals surface area contributed by atoms with Gasteiger partial charge in [-0.15, -0.1) is 0 Å². The molecule has 1 aromatic rings. The molecule has 1 aliphatic heterocycles. The van der Waals surface area contributed by atoms with E-state index in [0.29, 0.717) is 13.2 Å². The highest BCUT2D eigenvalue weighted by Crippen LogP contribution is 2.33. The van der Waals surface area contributed by atoms with Gasteiger partial charge in [-0.2, -0.15) is 0 Å². The van der Waals surface area contributed by atoms with Gasteiger partial charge in [-0.3, -0.25) is 0 Å². The Kier molecular flexibility index (Phi) is 4.32. The highest BCUT2D eigenvalue weighted by molar-refractivity contribution is 5.44. The molecule has 2 N–H and O–H groups in total. The van der Waals surface area contributed by atoms with Crippen molar-refractivity contribution < 1.29 is 14.2 Å². The molecule has 2 rings (SSSR count). The van der Waals surface area contributed by atoms with E-state index < -0.39 is 0 Å². The maximum Gasteiger partial charge on any atom is 0.161 e. The van der Waals surface area contributed by atoms with Crippen LogP contribution in [0.4, 0.5) is 0 Å². The molecule has 1 unspecified atom stereocenters. The van der Waals surface area contributed by atoms with Crippen molar-refractivity contribution in [3.05, 3.63) is 23.8 Å². The Hall–Kier alpha value is -1.26. The van der Waals surface area contributed by atoms with Crippen molar-refractivity contribution >= 4 is 0 Å². The van der Waals surface area contributed by atoms with Crippen LogP contribution < -0.4 is 15.2 Å². The lowest BCUT2D eigenvalue weighted by Crippen LogP contribution is -2.24. The number of nitrogens with two attached hydrogens (primary N) is 1. The summed E-state index contributed by atoms with van der Waals surface area (Å²) in [6, 6.07) is 5.92. The molecule has 106 valence electrons. The zero-order chi connectivity index (χ0) is 13.9. The van der Waals surface area contributed by atoms with Gasteiger partial charge in [0.05, 0.1) is 5.60 Å². The third-order valence-corrected chi connectivity index (χ3v) is 3.60. The average molecular weight is 265 g/mol. The molecule has 1 atom stereocenters. The quantitative estimate of drug-likeness (QED) is 0.889. The van der Waals surface area contributed by atoms with Crippen LogP contribution in [0.1, 0.15) is 38.3 Å². The van der Waals surface area contributed by atoms with Gasteiger partial charge in [-0.25, -0.2) is 0 Å². The fraction of sp³-hybridized carbons (Fsp3) is 0.600. The molecular formula is C15H23NO3. The molecule has 0 fully saturated rings. The molecule has 1 aliphatic rings. The maximum absolute atomic E-state index is 6.24. The van der Waals surface area contributed by atoms with Gasteiger partial charge < -0.3 is 19.9 Å². The summed E-state index contributed by atoms with van der Waals surface area (Å²) < 4.78 is 16.5. The Morgan fingerprint density at radius 2 is 1.95 bits per heavy atom. The summed E-state index contributed by atoms with van der Waals surface area (Å²) in [5, 5.41) is 0. The molecule has 0 amide bonds. The molecule has 4 nitrogen and oxygen atoms in total. The third-order valence-electron chi connectivity index (χ3n) is 3.60. The number of ether oxygens (including phenoxy) is 3. The highest BCUT2D eigenvalue weighted by atomic mass is 16.6. The number of hydrogen-bond donors (Lipinski definition) is 1. The third kappa shape index (κ3) is 3.61. The monoisotopic (exact) mass is 265 g/mol. The molecule has 0 aliphatic carbocycles. The predicted octanol–water partition coefficient (Wildman–Crippen LogP) is 2.66. The minimum Gasteiger partial charge on any atom is -0.486 e. The molecule has 0 bridgehead atoms. The molecule has 4 heteroatoms. The Morgan fingerprint density at radius 1 is 1.26 bits per heavy atom. The molecule has 19 heavy (non-hydrogen) atoms. The van der Waals surface area contributed by atoms with Gasteiger partial charge in [0.1, 0.15) is 13.2 Å². The summed E-state index contributed by atoms with van der Waals surface area (Å²) in [6.07, 6.45) is 1.79. The largest absolute Gasteiger partial charge is 0.486 e. The first-order valence-corrected chi connectivity index (χ1v) is 6.72. The van der Waals surface area contributed by atoms with E-state index in [-0.39, 0.29) is 11.6 Å².